The number of nitrogens with one attached hydrogen (secondary N) is 3. The van der Waals surface area contributed by atoms with Crippen LogP contribution in [-0.4, -0.2) is 19.9 Å². The van der Waals surface area contributed by atoms with Crippen molar-refractivity contribution in [3.63, 3.8) is 0 Å². The van der Waals surface area contributed by atoms with Gasteiger partial charge in [0, 0.05) is 23.1 Å². The topological polar surface area (TPSA) is 109 Å². The normalized spacial score (nSPS) is 10.9. The van der Waals surface area contributed by atoms with E-state index in [9.17, 15) is 4.79 Å². The molecule has 8 heteroatoms. The Labute approximate surface area is 154 Å². The number of aryl methyl sites for hydroxylation is 3. The summed E-state index contributed by atoms with van der Waals surface area (Å²) < 4.78 is 5.02. The largest absolute Gasteiger partial charge is 0.417 e. The van der Waals surface area contributed by atoms with E-state index in [0.29, 0.717) is 22.9 Å². The molecule has 3 heterocycles. The van der Waals surface area contributed by atoms with Crippen molar-refractivity contribution >= 4 is 34.2 Å². The molecule has 0 atom stereocenters. The second-order valence-electron chi connectivity index (χ2n) is 6.33. The molecule has 0 saturated carbocycles. The van der Waals surface area contributed by atoms with Crippen molar-refractivity contribution in [2.45, 2.75) is 20.8 Å². The van der Waals surface area contributed by atoms with E-state index in [1.165, 1.54) is 0 Å². The summed E-state index contributed by atoms with van der Waals surface area (Å²) in [5, 5.41) is 6.42. The van der Waals surface area contributed by atoms with Gasteiger partial charge in [0.05, 0.1) is 17.4 Å². The van der Waals surface area contributed by atoms with E-state index in [1.54, 1.807) is 24.5 Å². The SMILES string of the molecule is Cc1cc(Nc2ncc(C)c(Nc3ccc4oc(=O)[nH]c4c3)n2)cnc1C. The van der Waals surface area contributed by atoms with Crippen LogP contribution in [0.5, 0.6) is 0 Å². The standard InChI is InChI=1S/C19H18N6O2/c1-10-6-14(9-20-12(10)3)23-18-21-8-11(2)17(25-18)22-13-4-5-16-15(7-13)24-19(26)27-16/h4-9H,1-3H3,(H,24,26)(H2,21,22,23,25). The molecule has 0 fully saturated rings. The van der Waals surface area contributed by atoms with Crippen LogP contribution in [0.3, 0.4) is 0 Å². The van der Waals surface area contributed by atoms with Crippen LogP contribution in [0.4, 0.5) is 23.1 Å². The molecular formula is C19H18N6O2. The average molecular weight is 362 g/mol. The van der Waals surface area contributed by atoms with E-state index in [0.717, 1.165) is 28.2 Å². The first-order valence-electron chi connectivity index (χ1n) is 8.42. The summed E-state index contributed by atoms with van der Waals surface area (Å²) in [5.41, 5.74) is 5.70. The van der Waals surface area contributed by atoms with Crippen LogP contribution < -0.4 is 16.4 Å². The molecule has 0 aliphatic rings. The summed E-state index contributed by atoms with van der Waals surface area (Å²) in [6, 6.07) is 7.34. The van der Waals surface area contributed by atoms with Crippen LogP contribution in [0.15, 0.2) is 45.9 Å². The maximum atomic E-state index is 11.3. The fourth-order valence-electron chi connectivity index (χ4n) is 2.64. The third kappa shape index (κ3) is 3.50. The van der Waals surface area contributed by atoms with Gasteiger partial charge in [-0.05, 0) is 50.6 Å². The lowest BCUT2D eigenvalue weighted by molar-refractivity contribution is 0.555. The van der Waals surface area contributed by atoms with Crippen molar-refractivity contribution in [1.82, 2.24) is 19.9 Å². The van der Waals surface area contributed by atoms with Gasteiger partial charge in [0.2, 0.25) is 5.95 Å². The van der Waals surface area contributed by atoms with Crippen molar-refractivity contribution in [3.8, 4) is 0 Å². The van der Waals surface area contributed by atoms with E-state index < -0.39 is 5.76 Å². The number of anilines is 4. The summed E-state index contributed by atoms with van der Waals surface area (Å²) >= 11 is 0. The van der Waals surface area contributed by atoms with Gasteiger partial charge < -0.3 is 15.1 Å². The second kappa shape index (κ2) is 6.56. The zero-order valence-electron chi connectivity index (χ0n) is 15.1. The van der Waals surface area contributed by atoms with E-state index in [1.807, 2.05) is 32.9 Å². The molecule has 1 aromatic carbocycles. The lowest BCUT2D eigenvalue weighted by Crippen LogP contribution is -2.03. The Morgan fingerprint density at radius 3 is 2.63 bits per heavy atom. The Kier molecular flexibility index (Phi) is 4.08. The minimum Gasteiger partial charge on any atom is -0.408 e. The maximum Gasteiger partial charge on any atom is 0.417 e. The molecule has 0 spiro atoms. The minimum atomic E-state index is -0.478. The van der Waals surface area contributed by atoms with Crippen molar-refractivity contribution in [2.75, 3.05) is 10.6 Å². The number of pyridine rings is 1. The predicted molar refractivity (Wildman–Crippen MR) is 104 cm³/mol. The highest BCUT2D eigenvalue weighted by Crippen LogP contribution is 2.23. The van der Waals surface area contributed by atoms with Gasteiger partial charge in [-0.1, -0.05) is 0 Å². The molecule has 3 N–H and O–H groups in total. The Morgan fingerprint density at radius 1 is 0.963 bits per heavy atom. The van der Waals surface area contributed by atoms with Crippen molar-refractivity contribution in [2.24, 2.45) is 0 Å². The van der Waals surface area contributed by atoms with Crippen molar-refractivity contribution < 1.29 is 4.42 Å². The minimum absolute atomic E-state index is 0.464. The van der Waals surface area contributed by atoms with Crippen LogP contribution in [0, 0.1) is 20.8 Å². The number of fused-ring (bicyclic) bond motifs is 1. The molecule has 0 radical (unpaired) electrons. The number of rotatable bonds is 4. The highest BCUT2D eigenvalue weighted by molar-refractivity contribution is 5.78. The number of H-pyrrole nitrogens is 1. The van der Waals surface area contributed by atoms with Crippen LogP contribution in [-0.2, 0) is 0 Å². The first-order chi connectivity index (χ1) is 13.0. The molecule has 0 amide bonds. The van der Waals surface area contributed by atoms with Crippen LogP contribution in [0.25, 0.3) is 11.1 Å². The summed E-state index contributed by atoms with van der Waals surface area (Å²) in [6.45, 7) is 5.89. The van der Waals surface area contributed by atoms with E-state index in [2.05, 4.69) is 30.6 Å². The molecule has 4 rings (SSSR count). The molecule has 3 aromatic heterocycles. The number of nitrogens with zero attached hydrogens (tertiary/aromatic N) is 3. The zero-order valence-corrected chi connectivity index (χ0v) is 15.1. The molecule has 0 unspecified atom stereocenters. The fraction of sp³-hybridized carbons (Fsp3) is 0.158. The average Bonchev–Trinajstić information content (AvgIpc) is 3.00. The van der Waals surface area contributed by atoms with Gasteiger partial charge in [-0.3, -0.25) is 9.97 Å². The summed E-state index contributed by atoms with van der Waals surface area (Å²) in [5.74, 6) is 0.647. The first kappa shape index (κ1) is 16.8. The molecule has 136 valence electrons. The number of aromatic amines is 1. The van der Waals surface area contributed by atoms with Crippen LogP contribution in [0.1, 0.15) is 16.8 Å². The fourth-order valence-corrected chi connectivity index (χ4v) is 2.64. The third-order valence-electron chi connectivity index (χ3n) is 4.25. The van der Waals surface area contributed by atoms with Gasteiger partial charge >= 0.3 is 5.76 Å². The molecule has 8 nitrogen and oxygen atoms in total. The number of oxazole rings is 1. The lowest BCUT2D eigenvalue weighted by Gasteiger charge is -2.11. The third-order valence-corrected chi connectivity index (χ3v) is 4.25. The second-order valence-corrected chi connectivity index (χ2v) is 6.33. The van der Waals surface area contributed by atoms with Gasteiger partial charge in [-0.15, -0.1) is 0 Å². The summed E-state index contributed by atoms with van der Waals surface area (Å²) in [7, 11) is 0. The van der Waals surface area contributed by atoms with Crippen molar-refractivity contribution in [1.29, 1.82) is 0 Å². The van der Waals surface area contributed by atoms with E-state index in [-0.39, 0.29) is 0 Å². The first-order valence-corrected chi connectivity index (χ1v) is 8.42. The molecule has 0 saturated heterocycles. The van der Waals surface area contributed by atoms with Gasteiger partial charge in [0.25, 0.3) is 0 Å². The molecule has 4 aromatic rings. The molecular weight excluding hydrogens is 344 g/mol. The Bertz CT molecular complexity index is 1190. The summed E-state index contributed by atoms with van der Waals surface area (Å²) in [4.78, 5) is 27.2. The molecule has 0 bridgehead atoms. The zero-order chi connectivity index (χ0) is 19.0. The Morgan fingerprint density at radius 2 is 1.81 bits per heavy atom. The van der Waals surface area contributed by atoms with E-state index >= 15 is 0 Å². The Balaban J connectivity index is 1.61. The smallest absolute Gasteiger partial charge is 0.408 e. The maximum absolute atomic E-state index is 11.3. The van der Waals surface area contributed by atoms with Gasteiger partial charge in [-0.25, -0.2) is 9.78 Å². The highest BCUT2D eigenvalue weighted by Gasteiger charge is 2.08. The van der Waals surface area contributed by atoms with Gasteiger partial charge in [0.1, 0.15) is 5.82 Å². The van der Waals surface area contributed by atoms with Gasteiger partial charge in [0.15, 0.2) is 5.58 Å². The number of benzene rings is 1. The van der Waals surface area contributed by atoms with Crippen LogP contribution >= 0.6 is 0 Å². The molecule has 0 aliphatic heterocycles. The monoisotopic (exact) mass is 362 g/mol. The highest BCUT2D eigenvalue weighted by atomic mass is 16.4. The van der Waals surface area contributed by atoms with E-state index in [4.69, 9.17) is 4.42 Å². The van der Waals surface area contributed by atoms with Gasteiger partial charge in [-0.2, -0.15) is 4.98 Å². The number of aromatic nitrogens is 4. The number of hydrogen-bond acceptors (Lipinski definition) is 7. The lowest BCUT2D eigenvalue weighted by atomic mass is 10.2. The number of hydrogen-bond donors (Lipinski definition) is 3. The quantitative estimate of drug-likeness (QED) is 0.507. The molecule has 27 heavy (non-hydrogen) atoms. The van der Waals surface area contributed by atoms with Crippen molar-refractivity contribution in [3.05, 3.63) is 64.0 Å². The molecule has 0 aliphatic carbocycles. The van der Waals surface area contributed by atoms with Crippen LogP contribution in [0.2, 0.25) is 0 Å². The Hall–Kier alpha value is -3.68. The summed E-state index contributed by atoms with van der Waals surface area (Å²) in [6.07, 6.45) is 3.49. The predicted octanol–water partition coefficient (Wildman–Crippen LogP) is 3.72.